The van der Waals surface area contributed by atoms with E-state index in [1.165, 1.54) is 13.3 Å². The van der Waals surface area contributed by atoms with Crippen LogP contribution in [0.15, 0.2) is 0 Å². The van der Waals surface area contributed by atoms with Crippen LogP contribution >= 0.6 is 0 Å². The third-order valence-electron chi connectivity index (χ3n) is 3.70. The minimum absolute atomic E-state index is 0.0868. The lowest BCUT2D eigenvalue weighted by molar-refractivity contribution is -0.137. The average molecular weight is 317 g/mol. The van der Waals surface area contributed by atoms with E-state index < -0.39 is 12.1 Å². The van der Waals surface area contributed by atoms with Crippen LogP contribution in [-0.4, -0.2) is 40.9 Å². The first kappa shape index (κ1) is 20.2. The van der Waals surface area contributed by atoms with Gasteiger partial charge in [-0.1, -0.05) is 27.2 Å². The fourth-order valence-electron chi connectivity index (χ4n) is 2.58. The van der Waals surface area contributed by atoms with E-state index in [1.807, 2.05) is 0 Å². The van der Waals surface area contributed by atoms with Crippen molar-refractivity contribution in [3.63, 3.8) is 0 Å². The molecule has 7 nitrogen and oxygen atoms in total. The molecule has 0 aromatic heterocycles. The quantitative estimate of drug-likeness (QED) is 0.686. The van der Waals surface area contributed by atoms with Gasteiger partial charge in [0.25, 0.3) is 0 Å². The highest BCUT2D eigenvalue weighted by Crippen LogP contribution is 2.35. The van der Waals surface area contributed by atoms with Crippen molar-refractivity contribution in [2.75, 3.05) is 6.54 Å². The van der Waals surface area contributed by atoms with E-state index in [0.29, 0.717) is 17.8 Å². The molecule has 3 atom stereocenters. The van der Waals surface area contributed by atoms with E-state index in [4.69, 9.17) is 14.9 Å². The van der Waals surface area contributed by atoms with Crippen LogP contribution in [0.2, 0.25) is 0 Å². The third kappa shape index (κ3) is 9.20. The van der Waals surface area contributed by atoms with E-state index in [1.54, 1.807) is 0 Å². The van der Waals surface area contributed by atoms with Gasteiger partial charge >= 0.3 is 12.1 Å². The zero-order chi connectivity index (χ0) is 17.3. The van der Waals surface area contributed by atoms with Gasteiger partial charge in [0.2, 0.25) is 5.91 Å². The summed E-state index contributed by atoms with van der Waals surface area (Å²) in [4.78, 5) is 30.2. The van der Waals surface area contributed by atoms with Crippen molar-refractivity contribution in [3.8, 4) is 0 Å². The number of carboxylic acids is 1. The fraction of sp³-hybridized carbons (Fsp3) is 0.800. The minimum Gasteiger partial charge on any atom is -0.480 e. The highest BCUT2D eigenvalue weighted by atomic mass is 16.7. The number of carbonyl (C=O) groups excluding carboxylic acids is 1. The van der Waals surface area contributed by atoms with Crippen molar-refractivity contribution in [2.45, 2.75) is 53.1 Å². The smallest absolute Gasteiger partial charge is 0.480 e. The van der Waals surface area contributed by atoms with Gasteiger partial charge in [-0.3, -0.25) is 9.59 Å². The number of hydrogen-bond donors (Lipinski definition) is 3. The van der Waals surface area contributed by atoms with Crippen LogP contribution in [0.1, 0.15) is 47.0 Å². The molecule has 1 rings (SSSR count). The Morgan fingerprint density at radius 1 is 1.23 bits per heavy atom. The predicted molar refractivity (Wildman–Crippen MR) is 80.6 cm³/mol. The van der Waals surface area contributed by atoms with Crippen molar-refractivity contribution >= 4 is 18.0 Å². The molecule has 1 fully saturated rings. The molecule has 1 saturated carbocycles. The van der Waals surface area contributed by atoms with Crippen molar-refractivity contribution in [1.29, 1.82) is 0 Å². The molecular formula is C15H27NO6. The number of rotatable bonds is 4. The van der Waals surface area contributed by atoms with Crippen molar-refractivity contribution in [3.05, 3.63) is 0 Å². The van der Waals surface area contributed by atoms with E-state index in [0.717, 1.165) is 12.8 Å². The monoisotopic (exact) mass is 317 g/mol. The molecule has 7 heteroatoms. The summed E-state index contributed by atoms with van der Waals surface area (Å²) >= 11 is 0. The summed E-state index contributed by atoms with van der Waals surface area (Å²) in [6.07, 6.45) is 1.96. The molecule has 1 aliphatic rings. The van der Waals surface area contributed by atoms with Crippen molar-refractivity contribution < 1.29 is 29.3 Å². The average Bonchev–Trinajstić information content (AvgIpc) is 2.36. The molecule has 22 heavy (non-hydrogen) atoms. The van der Waals surface area contributed by atoms with Gasteiger partial charge < -0.3 is 20.3 Å². The first-order valence-corrected chi connectivity index (χ1v) is 7.49. The second kappa shape index (κ2) is 10.0. The van der Waals surface area contributed by atoms with Crippen LogP contribution in [0.25, 0.3) is 0 Å². The Hall–Kier alpha value is -1.79. The molecule has 0 aromatic carbocycles. The zero-order valence-corrected chi connectivity index (χ0v) is 13.7. The van der Waals surface area contributed by atoms with Crippen LogP contribution in [0.4, 0.5) is 4.79 Å². The molecule has 0 bridgehead atoms. The van der Waals surface area contributed by atoms with E-state index in [2.05, 4.69) is 26.1 Å². The number of nitrogens with one attached hydrogen (secondary N) is 1. The Morgan fingerprint density at radius 3 is 2.18 bits per heavy atom. The summed E-state index contributed by atoms with van der Waals surface area (Å²) in [7, 11) is 0. The van der Waals surface area contributed by atoms with Gasteiger partial charge in [-0.25, -0.2) is 4.79 Å². The lowest BCUT2D eigenvalue weighted by Crippen LogP contribution is -2.35. The molecular weight excluding hydrogens is 290 g/mol. The SMILES string of the molecule is CC(=O)NCC(=O)O.CC1CCC(C(C)C)C(OC(=O)O)C1. The summed E-state index contributed by atoms with van der Waals surface area (Å²) in [6, 6.07) is 0. The van der Waals surface area contributed by atoms with E-state index >= 15 is 0 Å². The number of amides is 1. The Bertz CT molecular complexity index is 368. The van der Waals surface area contributed by atoms with Crippen LogP contribution in [0, 0.1) is 17.8 Å². The summed E-state index contributed by atoms with van der Waals surface area (Å²) in [5.74, 6) is 0.149. The van der Waals surface area contributed by atoms with Gasteiger partial charge in [0.1, 0.15) is 12.6 Å². The Labute approximate surface area is 131 Å². The number of carboxylic acid groups (broad SMARTS) is 2. The van der Waals surface area contributed by atoms with E-state index in [9.17, 15) is 14.4 Å². The number of carbonyl (C=O) groups is 3. The summed E-state index contributed by atoms with van der Waals surface area (Å²) in [5.41, 5.74) is 0. The highest BCUT2D eigenvalue weighted by molar-refractivity contribution is 5.79. The molecule has 0 heterocycles. The fourth-order valence-corrected chi connectivity index (χ4v) is 2.58. The largest absolute Gasteiger partial charge is 0.506 e. The number of hydrogen-bond acceptors (Lipinski definition) is 4. The zero-order valence-electron chi connectivity index (χ0n) is 13.7. The molecule has 3 N–H and O–H groups in total. The van der Waals surface area contributed by atoms with Crippen LogP contribution in [-0.2, 0) is 14.3 Å². The van der Waals surface area contributed by atoms with Crippen LogP contribution in [0.3, 0.4) is 0 Å². The van der Waals surface area contributed by atoms with Gasteiger partial charge in [-0.15, -0.1) is 0 Å². The van der Waals surface area contributed by atoms with Gasteiger partial charge in [0.05, 0.1) is 0 Å². The predicted octanol–water partition coefficient (Wildman–Crippen LogP) is 2.35. The Morgan fingerprint density at radius 2 is 1.82 bits per heavy atom. The topological polar surface area (TPSA) is 113 Å². The normalized spacial score (nSPS) is 24.0. The molecule has 3 unspecified atom stereocenters. The molecule has 1 amide bonds. The molecule has 0 aromatic rings. The van der Waals surface area contributed by atoms with Gasteiger partial charge in [0.15, 0.2) is 0 Å². The molecule has 0 spiro atoms. The molecule has 0 aliphatic heterocycles. The standard InChI is InChI=1S/C11H20O3.C4H7NO3/c1-7(2)9-5-4-8(3)6-10(9)14-11(12)13;1-3(6)5-2-4(7)8/h7-10H,4-6H2,1-3H3,(H,12,13);2H2,1H3,(H,5,6)(H,7,8). The van der Waals surface area contributed by atoms with Gasteiger partial charge in [0, 0.05) is 6.92 Å². The first-order chi connectivity index (χ1) is 10.1. The Balaban J connectivity index is 0.000000472. The lowest BCUT2D eigenvalue weighted by atomic mass is 9.75. The molecule has 1 aliphatic carbocycles. The van der Waals surface area contributed by atoms with Gasteiger partial charge in [-0.05, 0) is 30.6 Å². The summed E-state index contributed by atoms with van der Waals surface area (Å²) in [5, 5.41) is 18.7. The first-order valence-electron chi connectivity index (χ1n) is 7.49. The second-order valence-electron chi connectivity index (χ2n) is 6.05. The molecule has 0 saturated heterocycles. The van der Waals surface area contributed by atoms with Crippen LogP contribution < -0.4 is 5.32 Å². The minimum atomic E-state index is -1.13. The maximum atomic E-state index is 10.5. The summed E-state index contributed by atoms with van der Waals surface area (Å²) < 4.78 is 4.95. The molecule has 0 radical (unpaired) electrons. The lowest BCUT2D eigenvalue weighted by Gasteiger charge is -2.35. The van der Waals surface area contributed by atoms with Crippen molar-refractivity contribution in [2.24, 2.45) is 17.8 Å². The highest BCUT2D eigenvalue weighted by Gasteiger charge is 2.33. The number of ether oxygens (including phenoxy) is 1. The van der Waals surface area contributed by atoms with Crippen molar-refractivity contribution in [1.82, 2.24) is 5.32 Å². The van der Waals surface area contributed by atoms with E-state index in [-0.39, 0.29) is 18.6 Å². The maximum Gasteiger partial charge on any atom is 0.506 e. The second-order valence-corrected chi connectivity index (χ2v) is 6.05. The van der Waals surface area contributed by atoms with Crippen LogP contribution in [0.5, 0.6) is 0 Å². The maximum absolute atomic E-state index is 10.5. The number of aliphatic carboxylic acids is 1. The van der Waals surface area contributed by atoms with Gasteiger partial charge in [-0.2, -0.15) is 0 Å². The third-order valence-corrected chi connectivity index (χ3v) is 3.70. The molecule has 128 valence electrons. The summed E-state index contributed by atoms with van der Waals surface area (Å²) in [6.45, 7) is 7.41. The Kier molecular flexibility index (Phi) is 9.21.